The summed E-state index contributed by atoms with van der Waals surface area (Å²) in [4.78, 5) is 14.0. The van der Waals surface area contributed by atoms with Gasteiger partial charge in [-0.1, -0.05) is 35.5 Å². The highest BCUT2D eigenvalue weighted by Gasteiger charge is 2.13. The molecule has 0 aliphatic heterocycles. The molecule has 3 aromatic rings. The van der Waals surface area contributed by atoms with Crippen LogP contribution in [0.2, 0.25) is 0 Å². The summed E-state index contributed by atoms with van der Waals surface area (Å²) in [5.74, 6) is -0.265. The van der Waals surface area contributed by atoms with E-state index < -0.39 is 10.7 Å². The fraction of sp³-hybridized carbons (Fsp3) is 0.125. The van der Waals surface area contributed by atoms with E-state index in [-0.39, 0.29) is 23.9 Å². The topological polar surface area (TPSA) is 91.3 Å². The van der Waals surface area contributed by atoms with Gasteiger partial charge in [0.25, 0.3) is 11.6 Å². The van der Waals surface area contributed by atoms with Crippen molar-refractivity contribution in [2.75, 3.05) is 0 Å². The molecule has 8 heteroatoms. The molecular weight excluding hydrogens is 317 g/mol. The number of hydrogen-bond donors (Lipinski definition) is 0. The van der Waals surface area contributed by atoms with Gasteiger partial charge in [-0.2, -0.15) is 4.98 Å². The lowest BCUT2D eigenvalue weighted by Crippen LogP contribution is -1.99. The van der Waals surface area contributed by atoms with E-state index in [0.717, 1.165) is 17.7 Å². The second kappa shape index (κ2) is 6.86. The van der Waals surface area contributed by atoms with E-state index in [9.17, 15) is 14.5 Å². The van der Waals surface area contributed by atoms with E-state index in [0.29, 0.717) is 12.2 Å². The lowest BCUT2D eigenvalue weighted by molar-refractivity contribution is -0.385. The van der Waals surface area contributed by atoms with Crippen molar-refractivity contribution in [2.45, 2.75) is 13.0 Å². The third-order valence-electron chi connectivity index (χ3n) is 3.19. The van der Waals surface area contributed by atoms with Crippen LogP contribution in [0, 0.1) is 15.9 Å². The summed E-state index contributed by atoms with van der Waals surface area (Å²) in [6, 6.07) is 12.8. The second-order valence-electron chi connectivity index (χ2n) is 4.93. The van der Waals surface area contributed by atoms with Gasteiger partial charge in [0.2, 0.25) is 0 Å². The zero-order valence-corrected chi connectivity index (χ0v) is 12.4. The third kappa shape index (κ3) is 3.72. The SMILES string of the molecule is O=[N+]([O-])c1ccc(OCc2nc(Cc3ccccc3)no2)c(F)c1. The first-order valence-electron chi connectivity index (χ1n) is 7.04. The Bertz CT molecular complexity index is 852. The van der Waals surface area contributed by atoms with Crippen LogP contribution in [-0.2, 0) is 13.0 Å². The molecule has 0 aliphatic rings. The van der Waals surface area contributed by atoms with Crippen LogP contribution >= 0.6 is 0 Å². The van der Waals surface area contributed by atoms with Crippen LogP contribution < -0.4 is 4.74 Å². The number of nitrogens with zero attached hydrogens (tertiary/aromatic N) is 3. The van der Waals surface area contributed by atoms with Gasteiger partial charge in [0.15, 0.2) is 24.0 Å². The summed E-state index contributed by atoms with van der Waals surface area (Å²) in [5.41, 5.74) is 0.690. The van der Waals surface area contributed by atoms with Gasteiger partial charge < -0.3 is 9.26 Å². The number of ether oxygens (including phenoxy) is 1. The molecule has 0 radical (unpaired) electrons. The molecule has 24 heavy (non-hydrogen) atoms. The maximum atomic E-state index is 13.7. The van der Waals surface area contributed by atoms with Crippen LogP contribution in [0.3, 0.4) is 0 Å². The van der Waals surface area contributed by atoms with E-state index in [1.54, 1.807) is 0 Å². The molecule has 0 amide bonds. The van der Waals surface area contributed by atoms with Crippen molar-refractivity contribution in [3.63, 3.8) is 0 Å². The van der Waals surface area contributed by atoms with Crippen LogP contribution in [-0.4, -0.2) is 15.1 Å². The first-order chi connectivity index (χ1) is 11.6. The number of nitro groups is 1. The summed E-state index contributed by atoms with van der Waals surface area (Å²) >= 11 is 0. The minimum Gasteiger partial charge on any atom is -0.481 e. The number of hydrogen-bond acceptors (Lipinski definition) is 6. The fourth-order valence-corrected chi connectivity index (χ4v) is 2.06. The standard InChI is InChI=1S/C16H12FN3O4/c17-13-9-12(20(21)22)6-7-14(13)23-10-16-18-15(19-24-16)8-11-4-2-1-3-5-11/h1-7,9H,8,10H2. The van der Waals surface area contributed by atoms with Gasteiger partial charge in [-0.15, -0.1) is 0 Å². The Kier molecular flexibility index (Phi) is 4.46. The fourth-order valence-electron chi connectivity index (χ4n) is 2.06. The minimum absolute atomic E-state index is 0.122. The van der Waals surface area contributed by atoms with Crippen molar-refractivity contribution < 1.29 is 18.6 Å². The molecule has 0 bridgehead atoms. The molecule has 7 nitrogen and oxygen atoms in total. The summed E-state index contributed by atoms with van der Waals surface area (Å²) in [6.45, 7) is -0.128. The average molecular weight is 329 g/mol. The molecule has 0 spiro atoms. The van der Waals surface area contributed by atoms with E-state index in [1.165, 1.54) is 6.07 Å². The third-order valence-corrected chi connectivity index (χ3v) is 3.19. The van der Waals surface area contributed by atoms with Gasteiger partial charge in [-0.25, -0.2) is 4.39 Å². The maximum Gasteiger partial charge on any atom is 0.272 e. The molecule has 0 atom stereocenters. The molecule has 0 aliphatic carbocycles. The molecule has 122 valence electrons. The number of non-ortho nitro benzene ring substituents is 1. The highest BCUT2D eigenvalue weighted by molar-refractivity contribution is 5.37. The summed E-state index contributed by atoms with van der Waals surface area (Å²) in [6.07, 6.45) is 0.510. The molecule has 2 aromatic carbocycles. The number of aromatic nitrogens is 2. The molecular formula is C16H12FN3O4. The molecule has 0 N–H and O–H groups in total. The van der Waals surface area contributed by atoms with Crippen molar-refractivity contribution in [3.8, 4) is 5.75 Å². The first kappa shape index (κ1) is 15.6. The Balaban J connectivity index is 1.62. The lowest BCUT2D eigenvalue weighted by Gasteiger charge is -2.03. The molecule has 3 rings (SSSR count). The van der Waals surface area contributed by atoms with Crippen LogP contribution in [0.4, 0.5) is 10.1 Å². The number of benzene rings is 2. The van der Waals surface area contributed by atoms with Crippen molar-refractivity contribution in [1.82, 2.24) is 10.1 Å². The molecule has 0 fully saturated rings. The van der Waals surface area contributed by atoms with Gasteiger partial charge in [0, 0.05) is 12.5 Å². The normalized spacial score (nSPS) is 10.5. The smallest absolute Gasteiger partial charge is 0.272 e. The van der Waals surface area contributed by atoms with Crippen LogP contribution in [0.1, 0.15) is 17.3 Å². The van der Waals surface area contributed by atoms with E-state index in [4.69, 9.17) is 9.26 Å². The minimum atomic E-state index is -0.826. The molecule has 0 saturated carbocycles. The Labute approximate surface area is 135 Å². The molecule has 0 saturated heterocycles. The predicted molar refractivity (Wildman–Crippen MR) is 80.9 cm³/mol. The quantitative estimate of drug-likeness (QED) is 0.509. The van der Waals surface area contributed by atoms with Crippen molar-refractivity contribution >= 4 is 5.69 Å². The summed E-state index contributed by atoms with van der Waals surface area (Å²) in [7, 11) is 0. The van der Waals surface area contributed by atoms with Crippen LogP contribution in [0.5, 0.6) is 5.75 Å². The Morgan fingerprint density at radius 2 is 2.00 bits per heavy atom. The van der Waals surface area contributed by atoms with Gasteiger partial charge >= 0.3 is 0 Å². The summed E-state index contributed by atoms with van der Waals surface area (Å²) in [5, 5.41) is 14.4. The highest BCUT2D eigenvalue weighted by atomic mass is 19.1. The van der Waals surface area contributed by atoms with Crippen molar-refractivity contribution in [1.29, 1.82) is 0 Å². The van der Waals surface area contributed by atoms with Gasteiger partial charge in [-0.3, -0.25) is 10.1 Å². The Morgan fingerprint density at radius 3 is 2.71 bits per heavy atom. The van der Waals surface area contributed by atoms with E-state index >= 15 is 0 Å². The second-order valence-corrected chi connectivity index (χ2v) is 4.93. The first-order valence-corrected chi connectivity index (χ1v) is 7.04. The Morgan fingerprint density at radius 1 is 1.21 bits per heavy atom. The monoisotopic (exact) mass is 329 g/mol. The molecule has 1 aromatic heterocycles. The van der Waals surface area contributed by atoms with E-state index in [2.05, 4.69) is 10.1 Å². The lowest BCUT2D eigenvalue weighted by atomic mass is 10.1. The van der Waals surface area contributed by atoms with Crippen molar-refractivity contribution in [2.24, 2.45) is 0 Å². The zero-order valence-electron chi connectivity index (χ0n) is 12.4. The number of rotatable bonds is 6. The zero-order chi connectivity index (χ0) is 16.9. The van der Waals surface area contributed by atoms with Crippen molar-refractivity contribution in [3.05, 3.63) is 81.7 Å². The Hall–Kier alpha value is -3.29. The number of nitro benzene ring substituents is 1. The van der Waals surface area contributed by atoms with Gasteiger partial charge in [0.05, 0.1) is 11.0 Å². The highest BCUT2D eigenvalue weighted by Crippen LogP contribution is 2.23. The van der Waals surface area contributed by atoms with Gasteiger partial charge in [0.1, 0.15) is 0 Å². The number of halogens is 1. The molecule has 1 heterocycles. The maximum absolute atomic E-state index is 13.7. The van der Waals surface area contributed by atoms with Gasteiger partial charge in [-0.05, 0) is 11.6 Å². The van der Waals surface area contributed by atoms with E-state index in [1.807, 2.05) is 30.3 Å². The predicted octanol–water partition coefficient (Wildman–Crippen LogP) is 3.29. The molecule has 0 unspecified atom stereocenters. The largest absolute Gasteiger partial charge is 0.481 e. The van der Waals surface area contributed by atoms with Crippen LogP contribution in [0.15, 0.2) is 53.1 Å². The summed E-state index contributed by atoms with van der Waals surface area (Å²) < 4.78 is 24.0. The average Bonchev–Trinajstić information content (AvgIpc) is 3.02. The van der Waals surface area contributed by atoms with Crippen LogP contribution in [0.25, 0.3) is 0 Å².